The normalized spacial score (nSPS) is 15.6. The number of carbonyl (C=O) groups is 1. The lowest BCUT2D eigenvalue weighted by Crippen LogP contribution is -2.45. The van der Waals surface area contributed by atoms with Crippen molar-refractivity contribution in [2.24, 2.45) is 0 Å². The van der Waals surface area contributed by atoms with Crippen LogP contribution in [-0.4, -0.2) is 66.8 Å². The lowest BCUT2D eigenvalue weighted by molar-refractivity contribution is -0.112. The third-order valence-electron chi connectivity index (χ3n) is 3.92. The molecule has 0 bridgehead atoms. The van der Waals surface area contributed by atoms with Crippen LogP contribution in [0.5, 0.6) is 5.75 Å². The summed E-state index contributed by atoms with van der Waals surface area (Å²) in [5.74, 6) is 0.307. The van der Waals surface area contributed by atoms with E-state index in [1.807, 2.05) is 17.9 Å². The molecule has 1 fully saturated rings. The molecule has 1 aromatic rings. The van der Waals surface area contributed by atoms with Crippen molar-refractivity contribution >= 4 is 11.6 Å². The first-order valence-electron chi connectivity index (χ1n) is 8.39. The molecular weight excluding hydrogens is 320 g/mol. The van der Waals surface area contributed by atoms with E-state index in [4.69, 9.17) is 9.84 Å². The van der Waals surface area contributed by atoms with Crippen molar-refractivity contribution in [1.82, 2.24) is 9.80 Å². The number of aliphatic hydroxyl groups excluding tert-OH is 1. The van der Waals surface area contributed by atoms with E-state index in [1.54, 1.807) is 30.5 Å². The van der Waals surface area contributed by atoms with Crippen molar-refractivity contribution < 1.29 is 14.6 Å². The molecule has 7 nitrogen and oxygen atoms in total. The van der Waals surface area contributed by atoms with Gasteiger partial charge in [0.25, 0.3) is 5.91 Å². The Morgan fingerprint density at radius 3 is 2.56 bits per heavy atom. The molecule has 0 unspecified atom stereocenters. The molecule has 0 saturated carbocycles. The highest BCUT2D eigenvalue weighted by Gasteiger charge is 2.17. The highest BCUT2D eigenvalue weighted by molar-refractivity contribution is 6.06. The predicted octanol–water partition coefficient (Wildman–Crippen LogP) is 1.04. The number of aliphatic hydroxyl groups is 1. The molecule has 1 aliphatic rings. The molecule has 7 heteroatoms. The Morgan fingerprint density at radius 2 is 2.00 bits per heavy atom. The van der Waals surface area contributed by atoms with Gasteiger partial charge in [0.2, 0.25) is 0 Å². The summed E-state index contributed by atoms with van der Waals surface area (Å²) >= 11 is 0. The molecule has 25 heavy (non-hydrogen) atoms. The summed E-state index contributed by atoms with van der Waals surface area (Å²) in [5, 5.41) is 21.0. The van der Waals surface area contributed by atoms with Crippen molar-refractivity contribution in [2.75, 3.05) is 51.3 Å². The number of anilines is 1. The Kier molecular flexibility index (Phi) is 7.26. The number of rotatable bonds is 7. The van der Waals surface area contributed by atoms with E-state index < -0.39 is 5.91 Å². The molecule has 2 rings (SSSR count). The number of hydrogen-bond acceptors (Lipinski definition) is 6. The third-order valence-corrected chi connectivity index (χ3v) is 3.92. The van der Waals surface area contributed by atoms with Gasteiger partial charge >= 0.3 is 0 Å². The second-order valence-corrected chi connectivity index (χ2v) is 5.67. The minimum absolute atomic E-state index is 0.0736. The van der Waals surface area contributed by atoms with Crippen LogP contribution < -0.4 is 10.1 Å². The lowest BCUT2D eigenvalue weighted by atomic mass is 10.2. The molecule has 1 heterocycles. The Bertz CT molecular complexity index is 629. The zero-order valence-electron chi connectivity index (χ0n) is 14.4. The zero-order chi connectivity index (χ0) is 18.1. The standard InChI is InChI=1S/C18H24N4O3/c1-2-25-17-5-3-16(4-6-17)20-18(24)15(13-19)14-22-9-7-21(8-10-22)11-12-23/h3-6,14,23H,2,7-12H2,1H3,(H,20,24)/b15-14-. The topological polar surface area (TPSA) is 88.8 Å². The summed E-state index contributed by atoms with van der Waals surface area (Å²) in [6.45, 7) is 6.34. The van der Waals surface area contributed by atoms with Crippen molar-refractivity contribution in [3.63, 3.8) is 0 Å². The van der Waals surface area contributed by atoms with E-state index >= 15 is 0 Å². The third kappa shape index (κ3) is 5.78. The fourth-order valence-electron chi connectivity index (χ4n) is 2.58. The number of nitriles is 1. The summed E-state index contributed by atoms with van der Waals surface area (Å²) < 4.78 is 5.36. The molecule has 1 amide bonds. The van der Waals surface area contributed by atoms with E-state index in [9.17, 15) is 10.1 Å². The van der Waals surface area contributed by atoms with E-state index in [2.05, 4.69) is 10.2 Å². The maximum absolute atomic E-state index is 12.3. The first-order valence-corrected chi connectivity index (χ1v) is 8.39. The largest absolute Gasteiger partial charge is 0.494 e. The molecule has 1 aromatic carbocycles. The fourth-order valence-corrected chi connectivity index (χ4v) is 2.58. The van der Waals surface area contributed by atoms with Gasteiger partial charge in [0.05, 0.1) is 13.2 Å². The summed E-state index contributed by atoms with van der Waals surface area (Å²) in [6, 6.07) is 9.00. The maximum atomic E-state index is 12.3. The van der Waals surface area contributed by atoms with Crippen LogP contribution in [0.3, 0.4) is 0 Å². The van der Waals surface area contributed by atoms with Crippen molar-refractivity contribution in [3.05, 3.63) is 36.0 Å². The lowest BCUT2D eigenvalue weighted by Gasteiger charge is -2.33. The van der Waals surface area contributed by atoms with Crippen LogP contribution in [0, 0.1) is 11.3 Å². The van der Waals surface area contributed by atoms with Crippen LogP contribution in [0.25, 0.3) is 0 Å². The number of ether oxygens (including phenoxy) is 1. The van der Waals surface area contributed by atoms with Gasteiger partial charge in [-0.3, -0.25) is 9.69 Å². The SMILES string of the molecule is CCOc1ccc(NC(=O)/C(C#N)=C\N2CCN(CCO)CC2)cc1. The van der Waals surface area contributed by atoms with E-state index in [-0.39, 0.29) is 12.2 Å². The number of nitrogens with one attached hydrogen (secondary N) is 1. The molecule has 2 N–H and O–H groups in total. The molecule has 134 valence electrons. The molecular formula is C18H24N4O3. The smallest absolute Gasteiger partial charge is 0.267 e. The maximum Gasteiger partial charge on any atom is 0.267 e. The van der Waals surface area contributed by atoms with Crippen LogP contribution in [0.2, 0.25) is 0 Å². The number of β-amino-alcohol motifs (C(OH)–C–C–N with tert-alkyl or cyclic N) is 1. The van der Waals surface area contributed by atoms with Gasteiger partial charge in [0, 0.05) is 44.6 Å². The molecule has 1 saturated heterocycles. The van der Waals surface area contributed by atoms with Gasteiger partial charge < -0.3 is 20.1 Å². The summed E-state index contributed by atoms with van der Waals surface area (Å²) in [5.41, 5.74) is 0.687. The predicted molar refractivity (Wildman–Crippen MR) is 95.0 cm³/mol. The number of hydrogen-bond donors (Lipinski definition) is 2. The first-order chi connectivity index (χ1) is 12.2. The Morgan fingerprint density at radius 1 is 1.32 bits per heavy atom. The number of amides is 1. The van der Waals surface area contributed by atoms with Gasteiger partial charge in [0.15, 0.2) is 0 Å². The van der Waals surface area contributed by atoms with E-state index in [0.29, 0.717) is 18.8 Å². The Hall–Kier alpha value is -2.56. The number of benzene rings is 1. The minimum atomic E-state index is -0.426. The minimum Gasteiger partial charge on any atom is -0.494 e. The average Bonchev–Trinajstić information content (AvgIpc) is 2.63. The first kappa shape index (κ1) is 18.8. The average molecular weight is 344 g/mol. The number of nitrogens with zero attached hydrogens (tertiary/aromatic N) is 3. The second-order valence-electron chi connectivity index (χ2n) is 5.67. The van der Waals surface area contributed by atoms with Crippen LogP contribution in [0.4, 0.5) is 5.69 Å². The molecule has 0 atom stereocenters. The van der Waals surface area contributed by atoms with Gasteiger partial charge in [-0.15, -0.1) is 0 Å². The Balaban J connectivity index is 1.93. The molecule has 0 spiro atoms. The summed E-state index contributed by atoms with van der Waals surface area (Å²) in [7, 11) is 0. The van der Waals surface area contributed by atoms with Gasteiger partial charge in [-0.05, 0) is 31.2 Å². The van der Waals surface area contributed by atoms with Gasteiger partial charge in [0.1, 0.15) is 17.4 Å². The highest BCUT2D eigenvalue weighted by atomic mass is 16.5. The molecule has 1 aliphatic heterocycles. The second kappa shape index (κ2) is 9.67. The monoisotopic (exact) mass is 344 g/mol. The van der Waals surface area contributed by atoms with Crippen LogP contribution in [0.1, 0.15) is 6.92 Å². The number of carbonyl (C=O) groups excluding carboxylic acids is 1. The van der Waals surface area contributed by atoms with Gasteiger partial charge in [-0.2, -0.15) is 5.26 Å². The quantitative estimate of drug-likeness (QED) is 0.568. The Labute approximate surface area is 148 Å². The highest BCUT2D eigenvalue weighted by Crippen LogP contribution is 2.16. The summed E-state index contributed by atoms with van der Waals surface area (Å²) in [4.78, 5) is 16.4. The number of piperazine rings is 1. The van der Waals surface area contributed by atoms with E-state index in [0.717, 1.165) is 31.9 Å². The molecule has 0 radical (unpaired) electrons. The molecule has 0 aliphatic carbocycles. The van der Waals surface area contributed by atoms with Crippen LogP contribution in [0.15, 0.2) is 36.0 Å². The van der Waals surface area contributed by atoms with Gasteiger partial charge in [-0.25, -0.2) is 0 Å². The van der Waals surface area contributed by atoms with Crippen molar-refractivity contribution in [1.29, 1.82) is 5.26 Å². The van der Waals surface area contributed by atoms with Crippen molar-refractivity contribution in [3.8, 4) is 11.8 Å². The van der Waals surface area contributed by atoms with Crippen molar-refractivity contribution in [2.45, 2.75) is 6.92 Å². The van der Waals surface area contributed by atoms with Gasteiger partial charge in [-0.1, -0.05) is 0 Å². The molecule has 0 aromatic heterocycles. The van der Waals surface area contributed by atoms with E-state index in [1.165, 1.54) is 0 Å². The summed E-state index contributed by atoms with van der Waals surface area (Å²) in [6.07, 6.45) is 1.61. The fraction of sp³-hybridized carbons (Fsp3) is 0.444. The van der Waals surface area contributed by atoms with Crippen LogP contribution >= 0.6 is 0 Å². The van der Waals surface area contributed by atoms with Crippen LogP contribution in [-0.2, 0) is 4.79 Å². The zero-order valence-corrected chi connectivity index (χ0v) is 14.4.